The Bertz CT molecular complexity index is 2120. The van der Waals surface area contributed by atoms with Crippen LogP contribution in [0.4, 0.5) is 0 Å². The Balaban J connectivity index is 1.24. The Morgan fingerprint density at radius 1 is 0.170 bits per heavy atom. The number of methoxy groups -OCH3 is 14. The molecule has 21 heterocycles. The topological polar surface area (TPSA) is 626 Å². The maximum absolute atomic E-state index is 12.3. The Kier molecular flexibility index (Phi) is 39.4. The second kappa shape index (κ2) is 46.2. The van der Waals surface area contributed by atoms with Crippen LogP contribution in [0.1, 0.15) is 0 Å². The molecule has 0 aromatic heterocycles. The van der Waals surface area contributed by atoms with Crippen LogP contribution in [0.5, 0.6) is 0 Å². The van der Waals surface area contributed by atoms with E-state index < -0.39 is 306 Å². The quantitative estimate of drug-likeness (QED) is 0.0262. The summed E-state index contributed by atoms with van der Waals surface area (Å²) in [7, 11) is 17.9. The molecule has 112 heavy (non-hydrogen) atoms. The van der Waals surface area contributed by atoms with Crippen LogP contribution >= 0.6 is 0 Å². The normalized spacial score (nSPS) is 42.2. The predicted molar refractivity (Wildman–Crippen MR) is 359 cm³/mol. The summed E-state index contributed by atoms with van der Waals surface area (Å²) in [5, 5.41) is 192. The molecule has 0 saturated carbocycles. The standard InChI is InChI=1S/C63H119N7O42/c1-85-57(86-2)64-15-22-43-29(71)36(78)50(99-22)107-44-23(16-65-58(87-3)88-4)101-52(38(80)31(44)73)109-46-25(18-67-60(91-7)92-8)103-54(40(82)33(46)75)111-48-27(20-69-62(95-11)96-12)105-56(42(84)35(48)77)112-49-28(21-70-63(97-13)98-14)104-55(41(83)34(49)76)110-47-26(19-68-61(93-9)94-10)102-53(39(81)32(47)74)108-45-24(17-66-59(89-5)90-6)100-51(106-43)37(79)30(45)72/h22-84H,15-21H2,1-14H3. The molecule has 0 radical (unpaired) electrons. The second-order valence-electron chi connectivity index (χ2n) is 26.9. The van der Waals surface area contributed by atoms with Crippen LogP contribution in [0.25, 0.3) is 0 Å². The zero-order valence-corrected chi connectivity index (χ0v) is 64.4. The van der Waals surface area contributed by atoms with E-state index in [1.54, 1.807) is 0 Å². The summed E-state index contributed by atoms with van der Waals surface area (Å²) >= 11 is 0. The predicted octanol–water partition coefficient (Wildman–Crippen LogP) is -14.0. The SMILES string of the molecule is COC(NCC1OC2OC3C(CNC(OC)OC)OC(OC4C(CNC(OC)OC)OC(OC5C(CNC(OC)OC)OC(OC6C(CNC(OC)OC)OC(OC7C(CNC(OC)OC)OC(OC8C(CNC(OC)OC)OC(OC1C(O)C2O)C(O)C8O)C(O)C7O)C(O)C6O)C(O)C5O)C(O)C4O)C(O)C3O)OC. The first kappa shape index (κ1) is 95.5. The van der Waals surface area contributed by atoms with Crippen molar-refractivity contribution in [2.24, 2.45) is 0 Å². The third-order valence-corrected chi connectivity index (χ3v) is 19.9. The first-order valence-corrected chi connectivity index (χ1v) is 35.9. The first-order valence-electron chi connectivity index (χ1n) is 35.9. The minimum Gasteiger partial charge on any atom is -0.387 e. The van der Waals surface area contributed by atoms with Crippen LogP contribution in [-0.4, -0.2) is 477 Å². The van der Waals surface area contributed by atoms with Crippen LogP contribution in [0, 0.1) is 0 Å². The van der Waals surface area contributed by atoms with Gasteiger partial charge >= 0.3 is 0 Å². The van der Waals surface area contributed by atoms with Gasteiger partial charge in [-0.05, 0) is 0 Å². The molecule has 0 aromatic rings. The van der Waals surface area contributed by atoms with E-state index in [1.165, 1.54) is 99.5 Å². The fourth-order valence-electron chi connectivity index (χ4n) is 13.9. The van der Waals surface area contributed by atoms with Gasteiger partial charge in [0.2, 0.25) is 44.9 Å². The van der Waals surface area contributed by atoms with Gasteiger partial charge in [0.15, 0.2) is 44.0 Å². The highest BCUT2D eigenvalue weighted by atomic mass is 16.8. The van der Waals surface area contributed by atoms with Crippen LogP contribution < -0.4 is 37.2 Å². The van der Waals surface area contributed by atoms with Crippen molar-refractivity contribution in [1.82, 2.24) is 37.2 Å². The van der Waals surface area contributed by atoms with Crippen LogP contribution in [0.15, 0.2) is 0 Å². The van der Waals surface area contributed by atoms with Gasteiger partial charge in [-0.15, -0.1) is 0 Å². The molecule has 0 aliphatic carbocycles. The highest BCUT2D eigenvalue weighted by Crippen LogP contribution is 2.40. The molecule has 14 bridgehead atoms. The molecule has 0 amide bonds. The third kappa shape index (κ3) is 23.6. The number of rotatable bonds is 35. The summed E-state index contributed by atoms with van der Waals surface area (Å²) < 4.78 is 164. The van der Waals surface area contributed by atoms with Gasteiger partial charge in [0.25, 0.3) is 0 Å². The highest BCUT2D eigenvalue weighted by molar-refractivity contribution is 5.03. The second-order valence-corrected chi connectivity index (χ2v) is 26.9. The summed E-state index contributed by atoms with van der Waals surface area (Å²) in [5.41, 5.74) is 0. The molecular weight excluding hydrogens is 1530 g/mol. The third-order valence-electron chi connectivity index (χ3n) is 19.9. The van der Waals surface area contributed by atoms with Gasteiger partial charge in [-0.2, -0.15) is 0 Å². The molecule has 0 aromatic carbocycles. The first-order chi connectivity index (χ1) is 53.7. The Labute approximate surface area is 644 Å². The molecular formula is C63H119N7O42. The van der Waals surface area contributed by atoms with Crippen molar-refractivity contribution in [2.45, 2.75) is 260 Å². The van der Waals surface area contributed by atoms with Crippen molar-refractivity contribution in [3.63, 3.8) is 0 Å². The summed E-state index contributed by atoms with van der Waals surface area (Å²) in [6.45, 7) is -3.06. The fourth-order valence-corrected chi connectivity index (χ4v) is 13.9. The fraction of sp³-hybridized carbons (Fsp3) is 1.00. The van der Waals surface area contributed by atoms with Crippen molar-refractivity contribution >= 4 is 0 Å². The monoisotopic (exact) mass is 1650 g/mol. The number of aliphatic hydroxyl groups is 14. The zero-order chi connectivity index (χ0) is 81.9. The van der Waals surface area contributed by atoms with Crippen LogP contribution in [-0.2, 0) is 133 Å². The van der Waals surface area contributed by atoms with Crippen LogP contribution in [0.3, 0.4) is 0 Å². The number of hydrogen-bond acceptors (Lipinski definition) is 49. The van der Waals surface area contributed by atoms with Gasteiger partial charge in [-0.3, -0.25) is 37.2 Å². The Morgan fingerprint density at radius 3 is 0.357 bits per heavy atom. The molecule has 21 aliphatic rings. The summed E-state index contributed by atoms with van der Waals surface area (Å²) in [4.78, 5) is 0. The molecule has 21 rings (SSSR count). The number of aliphatic hydroxyl groups excluding tert-OH is 14. The van der Waals surface area contributed by atoms with Gasteiger partial charge in [-0.25, -0.2) is 0 Å². The molecule has 35 atom stereocenters. The zero-order valence-electron chi connectivity index (χ0n) is 64.4. The summed E-state index contributed by atoms with van der Waals surface area (Å²) in [6.07, 6.45) is -76.7. The van der Waals surface area contributed by atoms with Crippen LogP contribution in [0.2, 0.25) is 0 Å². The van der Waals surface area contributed by atoms with E-state index in [0.29, 0.717) is 0 Å². The van der Waals surface area contributed by atoms with E-state index in [-0.39, 0.29) is 0 Å². The summed E-state index contributed by atoms with van der Waals surface area (Å²) in [6, 6.07) is 0. The lowest BCUT2D eigenvalue weighted by atomic mass is 9.94. The molecule has 0 spiro atoms. The van der Waals surface area contributed by atoms with Gasteiger partial charge in [0.1, 0.15) is 171 Å². The van der Waals surface area contributed by atoms with E-state index in [1.807, 2.05) is 0 Å². The minimum atomic E-state index is -2.20. The van der Waals surface area contributed by atoms with Crippen molar-refractivity contribution in [2.75, 3.05) is 145 Å². The van der Waals surface area contributed by atoms with Gasteiger partial charge in [0, 0.05) is 145 Å². The molecule has 49 nitrogen and oxygen atoms in total. The lowest BCUT2D eigenvalue weighted by Crippen LogP contribution is -2.69. The Morgan fingerprint density at radius 2 is 0.268 bits per heavy atom. The van der Waals surface area contributed by atoms with Crippen molar-refractivity contribution < 1.29 is 204 Å². The molecule has 21 aliphatic heterocycles. The van der Waals surface area contributed by atoms with Crippen molar-refractivity contribution in [1.29, 1.82) is 0 Å². The molecule has 21 saturated heterocycles. The smallest absolute Gasteiger partial charge is 0.215 e. The number of nitrogens with one attached hydrogen (secondary N) is 7. The van der Waals surface area contributed by atoms with E-state index in [2.05, 4.69) is 37.2 Å². The van der Waals surface area contributed by atoms with Crippen molar-refractivity contribution in [3.05, 3.63) is 0 Å². The molecule has 49 heteroatoms. The molecule has 21 N–H and O–H groups in total. The van der Waals surface area contributed by atoms with E-state index in [4.69, 9.17) is 133 Å². The minimum absolute atomic E-state index is 0.437. The largest absolute Gasteiger partial charge is 0.387 e. The lowest BCUT2D eigenvalue weighted by Gasteiger charge is -2.50. The summed E-state index contributed by atoms with van der Waals surface area (Å²) in [5.74, 6) is 0. The number of ether oxygens (including phenoxy) is 28. The van der Waals surface area contributed by atoms with Crippen molar-refractivity contribution in [3.8, 4) is 0 Å². The lowest BCUT2D eigenvalue weighted by molar-refractivity contribution is -0.393. The van der Waals surface area contributed by atoms with E-state index >= 15 is 0 Å². The van der Waals surface area contributed by atoms with Gasteiger partial charge in [-0.1, -0.05) is 0 Å². The molecule has 21 fully saturated rings. The van der Waals surface area contributed by atoms with E-state index in [9.17, 15) is 71.5 Å². The number of hydrogen-bond donors (Lipinski definition) is 21. The van der Waals surface area contributed by atoms with E-state index in [0.717, 1.165) is 0 Å². The Hall–Kier alpha value is -1.96. The maximum Gasteiger partial charge on any atom is 0.215 e. The van der Waals surface area contributed by atoms with Gasteiger partial charge in [0.05, 0.1) is 0 Å². The molecule has 658 valence electrons. The highest BCUT2D eigenvalue weighted by Gasteiger charge is 2.60. The maximum atomic E-state index is 12.3. The average molecular weight is 1650 g/mol. The molecule has 35 unspecified atom stereocenters. The average Bonchev–Trinajstić information content (AvgIpc) is 0.777. The van der Waals surface area contributed by atoms with Gasteiger partial charge < -0.3 is 204 Å².